The highest BCUT2D eigenvalue weighted by Crippen LogP contribution is 2.16. The first kappa shape index (κ1) is 17.2. The molecule has 1 aromatic carbocycles. The molecule has 0 atom stereocenters. The Morgan fingerprint density at radius 3 is 2.78 bits per heavy atom. The van der Waals surface area contributed by atoms with Gasteiger partial charge in [-0.3, -0.25) is 0 Å². The summed E-state index contributed by atoms with van der Waals surface area (Å²) in [6.45, 7) is 6.56. The highest BCUT2D eigenvalue weighted by Gasteiger charge is 2.00. The molecule has 0 aliphatic heterocycles. The third kappa shape index (κ3) is 6.20. The standard InChI is InChI=1S/C12H15ClFN3.HI/c1-8(2)6-16-12(15)17-7-9-3-4-11(14)10(13)5-9;/h3-5H,1,6-7H2,2H3,(H3,15,16,17);1H. The van der Waals surface area contributed by atoms with E-state index in [0.717, 1.165) is 11.1 Å². The number of hydrogen-bond acceptors (Lipinski definition) is 1. The van der Waals surface area contributed by atoms with E-state index >= 15 is 0 Å². The minimum Gasteiger partial charge on any atom is -0.370 e. The molecular weight excluding hydrogens is 368 g/mol. The van der Waals surface area contributed by atoms with Gasteiger partial charge < -0.3 is 11.1 Å². The topological polar surface area (TPSA) is 50.4 Å². The van der Waals surface area contributed by atoms with E-state index in [0.29, 0.717) is 19.0 Å². The molecule has 18 heavy (non-hydrogen) atoms. The van der Waals surface area contributed by atoms with Crippen LogP contribution in [0, 0.1) is 5.82 Å². The van der Waals surface area contributed by atoms with Crippen LogP contribution in [-0.4, -0.2) is 12.5 Å². The van der Waals surface area contributed by atoms with Crippen LogP contribution in [0.2, 0.25) is 5.02 Å². The second-order valence-electron chi connectivity index (χ2n) is 3.76. The first-order valence-corrected chi connectivity index (χ1v) is 5.49. The average Bonchev–Trinajstić information content (AvgIpc) is 2.28. The molecule has 0 unspecified atom stereocenters. The summed E-state index contributed by atoms with van der Waals surface area (Å²) < 4.78 is 12.9. The van der Waals surface area contributed by atoms with E-state index in [2.05, 4.69) is 16.9 Å². The molecule has 0 saturated carbocycles. The van der Waals surface area contributed by atoms with Crippen molar-refractivity contribution in [3.63, 3.8) is 0 Å². The smallest absolute Gasteiger partial charge is 0.189 e. The molecule has 1 aromatic rings. The number of nitrogens with two attached hydrogens (primary N) is 1. The second kappa shape index (κ2) is 8.31. The molecule has 0 saturated heterocycles. The van der Waals surface area contributed by atoms with Gasteiger partial charge in [-0.25, -0.2) is 9.38 Å². The van der Waals surface area contributed by atoms with E-state index < -0.39 is 5.82 Å². The van der Waals surface area contributed by atoms with E-state index in [9.17, 15) is 4.39 Å². The Hall–Kier alpha value is -0.820. The van der Waals surface area contributed by atoms with Crippen LogP contribution < -0.4 is 11.1 Å². The highest BCUT2D eigenvalue weighted by atomic mass is 127. The predicted molar refractivity (Wildman–Crippen MR) is 85.0 cm³/mol. The molecule has 1 rings (SSSR count). The lowest BCUT2D eigenvalue weighted by Crippen LogP contribution is -2.32. The summed E-state index contributed by atoms with van der Waals surface area (Å²) in [4.78, 5) is 4.10. The molecule has 0 spiro atoms. The van der Waals surface area contributed by atoms with Crippen molar-refractivity contribution in [3.05, 3.63) is 46.8 Å². The number of nitrogens with zero attached hydrogens (tertiary/aromatic N) is 1. The minimum atomic E-state index is -0.437. The monoisotopic (exact) mass is 383 g/mol. The van der Waals surface area contributed by atoms with Crippen LogP contribution in [0.25, 0.3) is 0 Å². The zero-order valence-corrected chi connectivity index (χ0v) is 13.1. The Morgan fingerprint density at radius 2 is 2.22 bits per heavy atom. The molecule has 0 aliphatic carbocycles. The Kier molecular flexibility index (Phi) is 7.93. The summed E-state index contributed by atoms with van der Waals surface area (Å²) in [5, 5.41) is 2.99. The van der Waals surface area contributed by atoms with Gasteiger partial charge in [0.05, 0.1) is 11.6 Å². The largest absolute Gasteiger partial charge is 0.370 e. The lowest BCUT2D eigenvalue weighted by Gasteiger charge is -2.05. The van der Waals surface area contributed by atoms with Crippen LogP contribution in [0.3, 0.4) is 0 Å². The summed E-state index contributed by atoms with van der Waals surface area (Å²) >= 11 is 5.65. The molecular formula is C12H16ClFIN3. The Labute approximate surface area is 128 Å². The average molecular weight is 384 g/mol. The van der Waals surface area contributed by atoms with Gasteiger partial charge in [-0.15, -0.1) is 24.0 Å². The minimum absolute atomic E-state index is 0. The first-order valence-electron chi connectivity index (χ1n) is 5.11. The van der Waals surface area contributed by atoms with Gasteiger partial charge in [0, 0.05) is 6.54 Å². The van der Waals surface area contributed by atoms with Crippen LogP contribution in [0.1, 0.15) is 12.5 Å². The van der Waals surface area contributed by atoms with Crippen LogP contribution in [0.15, 0.2) is 35.3 Å². The number of rotatable bonds is 4. The predicted octanol–water partition coefficient (Wildman–Crippen LogP) is 3.08. The van der Waals surface area contributed by atoms with Crippen molar-refractivity contribution >= 4 is 41.5 Å². The van der Waals surface area contributed by atoms with Crippen molar-refractivity contribution in [3.8, 4) is 0 Å². The lowest BCUT2D eigenvalue weighted by molar-refractivity contribution is 0.627. The van der Waals surface area contributed by atoms with Gasteiger partial charge in [0.25, 0.3) is 0 Å². The van der Waals surface area contributed by atoms with Gasteiger partial charge in [-0.05, 0) is 24.6 Å². The van der Waals surface area contributed by atoms with Crippen molar-refractivity contribution in [1.82, 2.24) is 5.32 Å². The van der Waals surface area contributed by atoms with E-state index in [4.69, 9.17) is 17.3 Å². The zero-order chi connectivity index (χ0) is 12.8. The molecule has 0 bridgehead atoms. The molecule has 0 radical (unpaired) electrons. The summed E-state index contributed by atoms with van der Waals surface area (Å²) in [5.74, 6) is -0.110. The van der Waals surface area contributed by atoms with E-state index in [1.54, 1.807) is 6.07 Å². The van der Waals surface area contributed by atoms with Crippen molar-refractivity contribution in [2.75, 3.05) is 6.54 Å². The van der Waals surface area contributed by atoms with E-state index in [-0.39, 0.29) is 29.0 Å². The Bertz CT molecular complexity index is 449. The summed E-state index contributed by atoms with van der Waals surface area (Å²) in [7, 11) is 0. The fraction of sp³-hybridized carbons (Fsp3) is 0.250. The number of benzene rings is 1. The third-order valence-corrected chi connectivity index (χ3v) is 2.28. The number of halogens is 3. The second-order valence-corrected chi connectivity index (χ2v) is 4.17. The molecule has 0 fully saturated rings. The fourth-order valence-electron chi connectivity index (χ4n) is 1.11. The van der Waals surface area contributed by atoms with Crippen molar-refractivity contribution in [1.29, 1.82) is 0 Å². The molecule has 100 valence electrons. The van der Waals surface area contributed by atoms with Crippen LogP contribution in [0.5, 0.6) is 0 Å². The quantitative estimate of drug-likeness (QED) is 0.363. The molecule has 0 amide bonds. The van der Waals surface area contributed by atoms with Crippen molar-refractivity contribution in [2.45, 2.75) is 13.5 Å². The zero-order valence-electron chi connectivity index (χ0n) is 10.0. The summed E-state index contributed by atoms with van der Waals surface area (Å²) in [6, 6.07) is 4.47. The van der Waals surface area contributed by atoms with Gasteiger partial charge >= 0.3 is 0 Å². The SMILES string of the molecule is C=C(C)CNC(N)=NCc1ccc(F)c(Cl)c1.I. The van der Waals surface area contributed by atoms with Gasteiger partial charge in [-0.1, -0.05) is 29.8 Å². The molecule has 6 heteroatoms. The van der Waals surface area contributed by atoms with Gasteiger partial charge in [-0.2, -0.15) is 0 Å². The summed E-state index contributed by atoms with van der Waals surface area (Å²) in [6.07, 6.45) is 0. The van der Waals surface area contributed by atoms with Crippen LogP contribution in [-0.2, 0) is 6.54 Å². The Morgan fingerprint density at radius 1 is 1.56 bits per heavy atom. The van der Waals surface area contributed by atoms with Crippen LogP contribution >= 0.6 is 35.6 Å². The number of hydrogen-bond donors (Lipinski definition) is 2. The van der Waals surface area contributed by atoms with Crippen molar-refractivity contribution in [2.24, 2.45) is 10.7 Å². The maximum absolute atomic E-state index is 12.9. The Balaban J connectivity index is 0.00000289. The lowest BCUT2D eigenvalue weighted by atomic mass is 10.2. The van der Waals surface area contributed by atoms with Gasteiger partial charge in [0.2, 0.25) is 0 Å². The van der Waals surface area contributed by atoms with E-state index in [1.165, 1.54) is 12.1 Å². The number of nitrogens with one attached hydrogen (secondary N) is 1. The van der Waals surface area contributed by atoms with Gasteiger partial charge in [0.1, 0.15) is 5.82 Å². The molecule has 0 aromatic heterocycles. The third-order valence-electron chi connectivity index (χ3n) is 1.99. The molecule has 0 heterocycles. The van der Waals surface area contributed by atoms with Crippen LogP contribution in [0.4, 0.5) is 4.39 Å². The molecule has 3 N–H and O–H groups in total. The highest BCUT2D eigenvalue weighted by molar-refractivity contribution is 14.0. The normalized spacial score (nSPS) is 10.7. The summed E-state index contributed by atoms with van der Waals surface area (Å²) in [5.41, 5.74) is 7.40. The number of guanidine groups is 1. The first-order chi connectivity index (χ1) is 7.99. The van der Waals surface area contributed by atoms with E-state index in [1.807, 2.05) is 6.92 Å². The molecule has 0 aliphatic rings. The maximum atomic E-state index is 12.9. The van der Waals surface area contributed by atoms with Gasteiger partial charge in [0.15, 0.2) is 5.96 Å². The fourth-order valence-corrected chi connectivity index (χ4v) is 1.31. The maximum Gasteiger partial charge on any atom is 0.189 e. The molecule has 3 nitrogen and oxygen atoms in total. The number of aliphatic imine (C=N–C) groups is 1. The van der Waals surface area contributed by atoms with Crippen molar-refractivity contribution < 1.29 is 4.39 Å².